The number of amides is 1. The Kier molecular flexibility index (Phi) is 27.6. The molecule has 1 saturated carbocycles. The number of hydrogen-bond donors (Lipinski definition) is 0. The quantitative estimate of drug-likeness (QED) is 0.0516. The van der Waals surface area contributed by atoms with Crippen LogP contribution < -0.4 is 0 Å². The highest BCUT2D eigenvalue weighted by molar-refractivity contribution is 5.68. The Morgan fingerprint density at radius 2 is 1.02 bits per heavy atom. The van der Waals surface area contributed by atoms with Gasteiger partial charge < -0.3 is 19.1 Å². The summed E-state index contributed by atoms with van der Waals surface area (Å²) in [7, 11) is 0. The van der Waals surface area contributed by atoms with E-state index in [-0.39, 0.29) is 24.3 Å². The minimum Gasteiger partial charge on any atom is -0.445 e. The highest BCUT2D eigenvalue weighted by atomic mass is 16.8. The van der Waals surface area contributed by atoms with Crippen LogP contribution in [0.15, 0.2) is 78.9 Å². The number of fused-ring (bicyclic) bond motifs is 1. The monoisotopic (exact) mass is 788 g/mol. The molecule has 3 rings (SSSR count). The van der Waals surface area contributed by atoms with Gasteiger partial charge in [-0.25, -0.2) is 4.79 Å². The zero-order valence-corrected chi connectivity index (χ0v) is 37.0. The van der Waals surface area contributed by atoms with Gasteiger partial charge in [0.25, 0.3) is 0 Å². The maximum absolute atomic E-state index is 13.1. The molecule has 322 valence electrons. The van der Waals surface area contributed by atoms with Crippen molar-refractivity contribution in [2.75, 3.05) is 6.54 Å². The number of unbranched alkanes of at least 4 members (excludes halogenated alkanes) is 18. The Bertz CT molecular complexity index is 1170. The molecule has 1 aliphatic carbocycles. The van der Waals surface area contributed by atoms with Gasteiger partial charge in [0.1, 0.15) is 6.61 Å². The fraction of sp³-hybridized carbons (Fsp3) is 0.712. The second-order valence-corrected chi connectivity index (χ2v) is 16.8. The van der Waals surface area contributed by atoms with Crippen molar-refractivity contribution in [3.8, 4) is 0 Å². The summed E-state index contributed by atoms with van der Waals surface area (Å²) in [5, 5.41) is 0. The van der Waals surface area contributed by atoms with Crippen molar-refractivity contribution in [1.29, 1.82) is 0 Å². The van der Waals surface area contributed by atoms with E-state index in [0.717, 1.165) is 56.9 Å². The molecule has 1 amide bonds. The van der Waals surface area contributed by atoms with Crippen molar-refractivity contribution in [3.63, 3.8) is 0 Å². The average Bonchev–Trinajstić information content (AvgIpc) is 3.76. The second kappa shape index (κ2) is 32.2. The lowest BCUT2D eigenvalue weighted by Crippen LogP contribution is -2.41. The van der Waals surface area contributed by atoms with Crippen LogP contribution in [0.5, 0.6) is 0 Å². The molecule has 57 heavy (non-hydrogen) atoms. The summed E-state index contributed by atoms with van der Waals surface area (Å²) in [6.45, 7) is 7.50. The minimum absolute atomic E-state index is 0.0557. The summed E-state index contributed by atoms with van der Waals surface area (Å²) in [5.74, 6) is -0.463. The van der Waals surface area contributed by atoms with E-state index >= 15 is 0 Å². The number of ether oxygens (including phenoxy) is 3. The minimum atomic E-state index is -0.463. The molecule has 1 aromatic carbocycles. The Balaban J connectivity index is 1.36. The van der Waals surface area contributed by atoms with Crippen LogP contribution in [0, 0.1) is 0 Å². The molecule has 1 saturated heterocycles. The number of carbonyl (C=O) groups is 1. The van der Waals surface area contributed by atoms with Gasteiger partial charge in [0.05, 0.1) is 12.2 Å². The predicted molar refractivity (Wildman–Crippen MR) is 242 cm³/mol. The molecule has 2 fully saturated rings. The fourth-order valence-corrected chi connectivity index (χ4v) is 8.48. The van der Waals surface area contributed by atoms with E-state index in [4.69, 9.17) is 14.2 Å². The third kappa shape index (κ3) is 21.8. The maximum atomic E-state index is 13.1. The largest absolute Gasteiger partial charge is 0.445 e. The zero-order chi connectivity index (χ0) is 40.5. The highest BCUT2D eigenvalue weighted by Gasteiger charge is 2.52. The molecule has 0 radical (unpaired) electrons. The first kappa shape index (κ1) is 48.7. The van der Waals surface area contributed by atoms with Crippen molar-refractivity contribution in [3.05, 3.63) is 84.5 Å². The lowest BCUT2D eigenvalue weighted by atomic mass is 9.98. The Hall–Kier alpha value is -2.63. The van der Waals surface area contributed by atoms with Crippen LogP contribution in [0.4, 0.5) is 4.79 Å². The zero-order valence-electron chi connectivity index (χ0n) is 37.0. The fourth-order valence-electron chi connectivity index (χ4n) is 8.48. The molecule has 3 atom stereocenters. The van der Waals surface area contributed by atoms with Gasteiger partial charge in [-0.2, -0.15) is 0 Å². The molecule has 0 bridgehead atoms. The molecule has 0 unspecified atom stereocenters. The molecule has 0 aromatic heterocycles. The van der Waals surface area contributed by atoms with Crippen molar-refractivity contribution in [2.45, 2.75) is 231 Å². The smallest absolute Gasteiger partial charge is 0.410 e. The highest BCUT2D eigenvalue weighted by Crippen LogP contribution is 2.45. The van der Waals surface area contributed by atoms with E-state index in [9.17, 15) is 4.79 Å². The first-order valence-electron chi connectivity index (χ1n) is 24.0. The molecule has 0 N–H and O–H groups in total. The van der Waals surface area contributed by atoms with E-state index in [2.05, 4.69) is 62.5 Å². The van der Waals surface area contributed by atoms with Crippen LogP contribution in [0.3, 0.4) is 0 Å². The molecule has 1 aliphatic heterocycles. The van der Waals surface area contributed by atoms with E-state index in [1.807, 2.05) is 42.2 Å². The van der Waals surface area contributed by atoms with E-state index in [1.165, 1.54) is 128 Å². The van der Waals surface area contributed by atoms with Crippen molar-refractivity contribution in [2.24, 2.45) is 0 Å². The van der Waals surface area contributed by atoms with Gasteiger partial charge >= 0.3 is 6.09 Å². The molecule has 1 heterocycles. The Morgan fingerprint density at radius 1 is 0.596 bits per heavy atom. The summed E-state index contributed by atoms with van der Waals surface area (Å²) in [4.78, 5) is 15.0. The van der Waals surface area contributed by atoms with E-state index in [1.54, 1.807) is 0 Å². The molecule has 2 aliphatic rings. The van der Waals surface area contributed by atoms with Crippen molar-refractivity contribution < 1.29 is 19.0 Å². The van der Waals surface area contributed by atoms with E-state index in [0.29, 0.717) is 13.2 Å². The molecule has 0 spiro atoms. The summed E-state index contributed by atoms with van der Waals surface area (Å²) in [6.07, 6.45) is 52.4. The second-order valence-electron chi connectivity index (χ2n) is 16.8. The number of nitrogens with zero attached hydrogens (tertiary/aromatic N) is 1. The van der Waals surface area contributed by atoms with Gasteiger partial charge in [-0.3, -0.25) is 0 Å². The normalized spacial score (nSPS) is 19.2. The van der Waals surface area contributed by atoms with Gasteiger partial charge in [-0.15, -0.1) is 0 Å². The number of rotatable bonds is 34. The first-order valence-corrected chi connectivity index (χ1v) is 24.0. The van der Waals surface area contributed by atoms with Gasteiger partial charge in [-0.1, -0.05) is 170 Å². The summed E-state index contributed by atoms with van der Waals surface area (Å²) in [6, 6.07) is 10.0. The van der Waals surface area contributed by atoms with Crippen LogP contribution in [-0.2, 0) is 20.8 Å². The third-order valence-electron chi connectivity index (χ3n) is 11.9. The van der Waals surface area contributed by atoms with Gasteiger partial charge in [0.15, 0.2) is 5.79 Å². The number of carbonyl (C=O) groups excluding carboxylic acids is 1. The van der Waals surface area contributed by atoms with Crippen molar-refractivity contribution >= 4 is 6.09 Å². The standard InChI is InChI=1S/C52H85NO4/c1-4-7-9-11-13-15-17-19-21-23-25-27-29-31-33-38-42-52(43-39-34-32-30-28-26-24-22-20-18-16-14-12-10-8-5-2)56-49-44-48(45-50(49)57-52)53(6-3)51(54)55-46-47-40-36-35-37-41-47/h13-16,19-22,35-37,40-41,48-50H,4-12,17-18,23-34,38-39,42-46H2,1-3H3/b15-13-,16-14-,21-19-,22-20-/t48-,49-,50+. The predicted octanol–water partition coefficient (Wildman–Crippen LogP) is 15.7. The van der Waals surface area contributed by atoms with Crippen molar-refractivity contribution in [1.82, 2.24) is 4.90 Å². The number of benzene rings is 1. The van der Waals surface area contributed by atoms with Crippen LogP contribution in [0.1, 0.15) is 206 Å². The maximum Gasteiger partial charge on any atom is 0.410 e. The summed E-state index contributed by atoms with van der Waals surface area (Å²) in [5.41, 5.74) is 1.01. The van der Waals surface area contributed by atoms with E-state index < -0.39 is 5.79 Å². The Morgan fingerprint density at radius 3 is 1.46 bits per heavy atom. The van der Waals surface area contributed by atoms with Crippen LogP contribution >= 0.6 is 0 Å². The first-order chi connectivity index (χ1) is 28.1. The Labute approximate surface area is 351 Å². The summed E-state index contributed by atoms with van der Waals surface area (Å²) >= 11 is 0. The van der Waals surface area contributed by atoms with Crippen LogP contribution in [0.25, 0.3) is 0 Å². The number of hydrogen-bond acceptors (Lipinski definition) is 4. The summed E-state index contributed by atoms with van der Waals surface area (Å²) < 4.78 is 19.6. The van der Waals surface area contributed by atoms with Gasteiger partial charge in [-0.05, 0) is 102 Å². The van der Waals surface area contributed by atoms with Crippen LogP contribution in [-0.4, -0.2) is 41.6 Å². The lowest BCUT2D eigenvalue weighted by molar-refractivity contribution is -0.193. The van der Waals surface area contributed by atoms with Crippen LogP contribution in [0.2, 0.25) is 0 Å². The third-order valence-corrected chi connectivity index (χ3v) is 11.9. The van der Waals surface area contributed by atoms with Gasteiger partial charge in [0.2, 0.25) is 0 Å². The SMILES string of the molecule is CCCCC/C=C\C/C=C\CCCCCCCCC1(CCCCCCCC/C=C\C/C=C\CCCCC)O[C@H]2C[C@H](N(CC)C(=O)OCc3ccccc3)C[C@H]2O1. The number of allylic oxidation sites excluding steroid dienone is 8. The average molecular weight is 788 g/mol. The topological polar surface area (TPSA) is 48.0 Å². The molecular weight excluding hydrogens is 703 g/mol. The lowest BCUT2D eigenvalue weighted by Gasteiger charge is -2.32. The molecule has 5 nitrogen and oxygen atoms in total. The van der Waals surface area contributed by atoms with Gasteiger partial charge in [0, 0.05) is 25.4 Å². The molecular formula is C52H85NO4. The molecule has 1 aromatic rings. The molecule has 5 heteroatoms.